The molecule has 3 heterocycles. The summed E-state index contributed by atoms with van der Waals surface area (Å²) < 4.78 is 12.2. The average Bonchev–Trinajstić information content (AvgIpc) is 3.40. The van der Waals surface area contributed by atoms with E-state index in [0.717, 1.165) is 46.4 Å². The number of amides is 1. The fourth-order valence-electron chi connectivity index (χ4n) is 4.57. The van der Waals surface area contributed by atoms with Crippen molar-refractivity contribution in [1.29, 1.82) is 0 Å². The molecule has 1 amide bonds. The molecule has 1 fully saturated rings. The molecule has 4 aromatic rings. The molecule has 1 aliphatic heterocycles. The largest absolute Gasteiger partial charge is 0.491 e. The molecule has 9 heteroatoms. The Hall–Kier alpha value is -4.24. The molecular weight excluding hydrogens is 470 g/mol. The molecule has 37 heavy (non-hydrogen) atoms. The van der Waals surface area contributed by atoms with Crippen LogP contribution in [0, 0.1) is 6.92 Å². The summed E-state index contributed by atoms with van der Waals surface area (Å²) in [6.45, 7) is 2.88. The first kappa shape index (κ1) is 24.5. The van der Waals surface area contributed by atoms with Crippen molar-refractivity contribution in [1.82, 2.24) is 19.9 Å². The van der Waals surface area contributed by atoms with Crippen molar-refractivity contribution in [3.8, 4) is 11.5 Å². The highest BCUT2D eigenvalue weighted by molar-refractivity contribution is 5.95. The number of aliphatic hydroxyl groups is 1. The van der Waals surface area contributed by atoms with Gasteiger partial charge in [0.25, 0.3) is 0 Å². The average molecular weight is 500 g/mol. The van der Waals surface area contributed by atoms with Crippen LogP contribution >= 0.6 is 0 Å². The van der Waals surface area contributed by atoms with Crippen molar-refractivity contribution >= 4 is 28.3 Å². The van der Waals surface area contributed by atoms with Gasteiger partial charge in [0.2, 0.25) is 5.91 Å². The zero-order chi connectivity index (χ0) is 25.6. The number of hydrogen-bond donors (Lipinski definition) is 2. The smallest absolute Gasteiger partial charge is 0.248 e. The summed E-state index contributed by atoms with van der Waals surface area (Å²) >= 11 is 0. The second-order valence-electron chi connectivity index (χ2n) is 8.94. The molecular formula is C28H29N5O4. The van der Waals surface area contributed by atoms with Gasteiger partial charge in [-0.3, -0.25) is 9.78 Å². The quantitative estimate of drug-likeness (QED) is 0.355. The molecule has 1 unspecified atom stereocenters. The van der Waals surface area contributed by atoms with Gasteiger partial charge in [0, 0.05) is 18.4 Å². The van der Waals surface area contributed by atoms with Crippen LogP contribution in [0.1, 0.15) is 24.1 Å². The van der Waals surface area contributed by atoms with Crippen molar-refractivity contribution < 1.29 is 19.4 Å². The Kier molecular flexibility index (Phi) is 7.41. The number of rotatable bonds is 9. The summed E-state index contributed by atoms with van der Waals surface area (Å²) in [6.07, 6.45) is 5.00. The molecule has 9 nitrogen and oxygen atoms in total. The monoisotopic (exact) mass is 499 g/mol. The van der Waals surface area contributed by atoms with E-state index in [0.29, 0.717) is 31.3 Å². The van der Waals surface area contributed by atoms with Crippen LogP contribution in [0.15, 0.2) is 67.1 Å². The maximum absolute atomic E-state index is 12.0. The summed E-state index contributed by atoms with van der Waals surface area (Å²) in [5, 5.41) is 13.4. The van der Waals surface area contributed by atoms with Crippen LogP contribution in [0.4, 0.5) is 11.5 Å². The predicted octanol–water partition coefficient (Wildman–Crippen LogP) is 4.02. The van der Waals surface area contributed by atoms with Crippen LogP contribution in [-0.2, 0) is 11.4 Å². The lowest BCUT2D eigenvalue weighted by molar-refractivity contribution is -0.135. The van der Waals surface area contributed by atoms with E-state index in [4.69, 9.17) is 9.47 Å². The number of nitrogens with one attached hydrogen (secondary N) is 1. The number of aryl methyl sites for hydroxylation is 1. The maximum Gasteiger partial charge on any atom is 0.248 e. The number of aliphatic hydroxyl groups excluding tert-OH is 1. The first-order chi connectivity index (χ1) is 18.1. The SMILES string of the molecule is Cc1cc(Nc2ncnc3cccc(OCC4CCCN4C(=O)CO)c23)ccc1OCc1ccccn1. The molecule has 1 atom stereocenters. The van der Waals surface area contributed by atoms with Gasteiger partial charge < -0.3 is 24.8 Å². The Bertz CT molecular complexity index is 1380. The molecule has 1 aliphatic rings. The molecule has 0 aliphatic carbocycles. The second-order valence-corrected chi connectivity index (χ2v) is 8.94. The van der Waals surface area contributed by atoms with E-state index in [2.05, 4.69) is 20.3 Å². The number of ether oxygens (including phenoxy) is 2. The zero-order valence-electron chi connectivity index (χ0n) is 20.6. The van der Waals surface area contributed by atoms with Crippen molar-refractivity contribution in [2.75, 3.05) is 25.1 Å². The predicted molar refractivity (Wildman–Crippen MR) is 140 cm³/mol. The topological polar surface area (TPSA) is 110 Å². The number of hydrogen-bond acceptors (Lipinski definition) is 8. The van der Waals surface area contributed by atoms with Crippen LogP contribution in [0.5, 0.6) is 11.5 Å². The van der Waals surface area contributed by atoms with E-state index in [-0.39, 0.29) is 11.9 Å². The summed E-state index contributed by atoms with van der Waals surface area (Å²) in [5.74, 6) is 1.77. The second kappa shape index (κ2) is 11.2. The highest BCUT2D eigenvalue weighted by Crippen LogP contribution is 2.33. The fourth-order valence-corrected chi connectivity index (χ4v) is 4.57. The third-order valence-corrected chi connectivity index (χ3v) is 6.43. The van der Waals surface area contributed by atoms with Gasteiger partial charge in [-0.15, -0.1) is 0 Å². The van der Waals surface area contributed by atoms with Crippen LogP contribution in [0.25, 0.3) is 10.9 Å². The Morgan fingerprint density at radius 3 is 2.81 bits per heavy atom. The number of nitrogens with zero attached hydrogens (tertiary/aromatic N) is 4. The molecule has 2 aromatic carbocycles. The number of carbonyl (C=O) groups is 1. The van der Waals surface area contributed by atoms with Crippen molar-refractivity contribution in [2.24, 2.45) is 0 Å². The minimum Gasteiger partial charge on any atom is -0.491 e. The summed E-state index contributed by atoms with van der Waals surface area (Å²) in [5.41, 5.74) is 3.45. The van der Waals surface area contributed by atoms with Crippen LogP contribution in [-0.4, -0.2) is 56.7 Å². The van der Waals surface area contributed by atoms with Gasteiger partial charge in [0.15, 0.2) is 0 Å². The van der Waals surface area contributed by atoms with Gasteiger partial charge >= 0.3 is 0 Å². The Labute approximate surface area is 215 Å². The maximum atomic E-state index is 12.0. The lowest BCUT2D eigenvalue weighted by Gasteiger charge is -2.24. The first-order valence-electron chi connectivity index (χ1n) is 12.3. The van der Waals surface area contributed by atoms with Gasteiger partial charge in [-0.25, -0.2) is 9.97 Å². The number of benzene rings is 2. The minimum absolute atomic E-state index is 0.0720. The number of aromatic nitrogens is 3. The van der Waals surface area contributed by atoms with Gasteiger partial charge in [-0.2, -0.15) is 0 Å². The van der Waals surface area contributed by atoms with Gasteiger partial charge in [0.05, 0.1) is 22.6 Å². The molecule has 5 rings (SSSR count). The third kappa shape index (κ3) is 5.62. The fraction of sp³-hybridized carbons (Fsp3) is 0.286. The highest BCUT2D eigenvalue weighted by Gasteiger charge is 2.29. The van der Waals surface area contributed by atoms with Gasteiger partial charge in [-0.05, 0) is 67.8 Å². The molecule has 190 valence electrons. The Balaban J connectivity index is 1.33. The number of fused-ring (bicyclic) bond motifs is 1. The van der Waals surface area contributed by atoms with Crippen LogP contribution < -0.4 is 14.8 Å². The van der Waals surface area contributed by atoms with E-state index in [9.17, 15) is 9.90 Å². The van der Waals surface area contributed by atoms with E-state index in [1.54, 1.807) is 11.1 Å². The summed E-state index contributed by atoms with van der Waals surface area (Å²) in [4.78, 5) is 26.9. The molecule has 0 radical (unpaired) electrons. The number of anilines is 2. The van der Waals surface area contributed by atoms with Gasteiger partial charge in [0.1, 0.15) is 43.5 Å². The van der Waals surface area contributed by atoms with Crippen molar-refractivity contribution in [2.45, 2.75) is 32.4 Å². The minimum atomic E-state index is -0.487. The number of carbonyl (C=O) groups excluding carboxylic acids is 1. The third-order valence-electron chi connectivity index (χ3n) is 6.43. The van der Waals surface area contributed by atoms with Crippen LogP contribution in [0.3, 0.4) is 0 Å². The summed E-state index contributed by atoms with van der Waals surface area (Å²) in [7, 11) is 0. The first-order valence-corrected chi connectivity index (χ1v) is 12.3. The standard InChI is InChI=1S/C28H29N5O4/c1-19-14-20(10-11-24(19)36-16-21-6-2-3-12-29-21)32-28-27-23(30-18-31-28)8-4-9-25(27)37-17-22-7-5-13-33(22)26(35)15-34/h2-4,6,8-12,14,18,22,34H,5,7,13,15-17H2,1H3,(H,30,31,32). The Morgan fingerprint density at radius 1 is 1.08 bits per heavy atom. The number of likely N-dealkylation sites (tertiary alicyclic amines) is 1. The molecule has 2 N–H and O–H groups in total. The molecule has 0 bridgehead atoms. The molecule has 2 aromatic heterocycles. The van der Waals surface area contributed by atoms with Crippen LogP contribution in [0.2, 0.25) is 0 Å². The van der Waals surface area contributed by atoms with Crippen molar-refractivity contribution in [3.63, 3.8) is 0 Å². The lowest BCUT2D eigenvalue weighted by atomic mass is 10.1. The lowest BCUT2D eigenvalue weighted by Crippen LogP contribution is -2.40. The van der Waals surface area contributed by atoms with E-state index < -0.39 is 6.61 Å². The van der Waals surface area contributed by atoms with E-state index in [1.807, 2.05) is 61.5 Å². The normalized spacial score (nSPS) is 15.1. The molecule has 0 saturated carbocycles. The van der Waals surface area contributed by atoms with Crippen molar-refractivity contribution in [3.05, 3.63) is 78.4 Å². The van der Waals surface area contributed by atoms with Gasteiger partial charge in [-0.1, -0.05) is 12.1 Å². The van der Waals surface area contributed by atoms with E-state index >= 15 is 0 Å². The molecule has 0 spiro atoms. The summed E-state index contributed by atoms with van der Waals surface area (Å²) in [6, 6.07) is 17.2. The zero-order valence-corrected chi connectivity index (χ0v) is 20.6. The van der Waals surface area contributed by atoms with E-state index in [1.165, 1.54) is 6.33 Å². The highest BCUT2D eigenvalue weighted by atomic mass is 16.5. The number of pyridine rings is 1. The Morgan fingerprint density at radius 2 is 2.00 bits per heavy atom. The molecule has 1 saturated heterocycles.